The predicted octanol–water partition coefficient (Wildman–Crippen LogP) is 0.255. The first-order chi connectivity index (χ1) is 7.74. The molecule has 2 heterocycles. The maximum atomic E-state index is 5.86. The normalized spacial score (nSPS) is 18.9. The molecule has 5 nitrogen and oxygen atoms in total. The van der Waals surface area contributed by atoms with Crippen molar-refractivity contribution in [3.63, 3.8) is 0 Å². The van der Waals surface area contributed by atoms with E-state index in [1.165, 1.54) is 0 Å². The lowest BCUT2D eigenvalue weighted by molar-refractivity contribution is 0.220. The Morgan fingerprint density at radius 3 is 2.88 bits per heavy atom. The van der Waals surface area contributed by atoms with E-state index in [-0.39, 0.29) is 0 Å². The Hall–Kier alpha value is -1.07. The first kappa shape index (κ1) is 11.4. The number of aromatic nitrogens is 2. The van der Waals surface area contributed by atoms with Gasteiger partial charge in [-0.25, -0.2) is 0 Å². The highest BCUT2D eigenvalue weighted by Crippen LogP contribution is 2.07. The molecule has 2 rings (SSSR count). The van der Waals surface area contributed by atoms with Gasteiger partial charge in [0, 0.05) is 38.4 Å². The molecule has 1 aliphatic rings. The Morgan fingerprint density at radius 2 is 2.25 bits per heavy atom. The zero-order valence-electron chi connectivity index (χ0n) is 9.89. The summed E-state index contributed by atoms with van der Waals surface area (Å²) in [6.07, 6.45) is 4.20. The van der Waals surface area contributed by atoms with Gasteiger partial charge in [-0.2, -0.15) is 5.10 Å². The van der Waals surface area contributed by atoms with E-state index in [1.807, 2.05) is 24.0 Å². The highest BCUT2D eigenvalue weighted by molar-refractivity contribution is 5.31. The zero-order chi connectivity index (χ0) is 11.4. The van der Waals surface area contributed by atoms with Gasteiger partial charge in [0.2, 0.25) is 0 Å². The molecular weight excluding hydrogens is 202 g/mol. The topological polar surface area (TPSA) is 59.1 Å². The molecule has 0 saturated carbocycles. The van der Waals surface area contributed by atoms with Crippen LogP contribution in [0, 0.1) is 0 Å². The van der Waals surface area contributed by atoms with E-state index in [9.17, 15) is 0 Å². The van der Waals surface area contributed by atoms with Crippen LogP contribution in [0.5, 0.6) is 0 Å². The molecule has 0 aromatic carbocycles. The molecule has 0 bridgehead atoms. The monoisotopic (exact) mass is 223 g/mol. The highest BCUT2D eigenvalue weighted by atomic mass is 15.3. The zero-order valence-corrected chi connectivity index (χ0v) is 9.89. The Balaban J connectivity index is 1.64. The molecule has 0 unspecified atom stereocenters. The van der Waals surface area contributed by atoms with Gasteiger partial charge < -0.3 is 16.0 Å². The Bertz CT molecular complexity index is 314. The van der Waals surface area contributed by atoms with Crippen LogP contribution in [0.2, 0.25) is 0 Å². The molecule has 0 atom stereocenters. The van der Waals surface area contributed by atoms with Crippen molar-refractivity contribution in [1.82, 2.24) is 14.7 Å². The van der Waals surface area contributed by atoms with Crippen molar-refractivity contribution in [1.29, 1.82) is 0 Å². The lowest BCUT2D eigenvalue weighted by Gasteiger charge is -2.29. The first-order valence-electron chi connectivity index (χ1n) is 5.95. The molecular formula is C11H21N5. The van der Waals surface area contributed by atoms with E-state index in [1.54, 1.807) is 0 Å². The third-order valence-corrected chi connectivity index (χ3v) is 3.08. The highest BCUT2D eigenvalue weighted by Gasteiger charge is 2.14. The van der Waals surface area contributed by atoms with E-state index in [0.717, 1.165) is 44.8 Å². The number of hydrogen-bond acceptors (Lipinski definition) is 4. The van der Waals surface area contributed by atoms with Gasteiger partial charge in [-0.3, -0.25) is 4.68 Å². The quantitative estimate of drug-likeness (QED) is 0.768. The maximum absolute atomic E-state index is 5.86. The Labute approximate surface area is 96.6 Å². The molecule has 3 N–H and O–H groups in total. The third-order valence-electron chi connectivity index (χ3n) is 3.08. The number of nitrogens with two attached hydrogens (primary N) is 1. The SMILES string of the molecule is Cn1ccc(NCCN2CCC(N)CC2)n1. The Kier molecular flexibility index (Phi) is 3.79. The van der Waals surface area contributed by atoms with E-state index < -0.39 is 0 Å². The third kappa shape index (κ3) is 3.21. The fourth-order valence-corrected chi connectivity index (χ4v) is 2.03. The van der Waals surface area contributed by atoms with Gasteiger partial charge in [0.25, 0.3) is 0 Å². The molecule has 0 spiro atoms. The van der Waals surface area contributed by atoms with Gasteiger partial charge in [-0.05, 0) is 25.9 Å². The van der Waals surface area contributed by atoms with Crippen molar-refractivity contribution in [2.75, 3.05) is 31.5 Å². The van der Waals surface area contributed by atoms with Gasteiger partial charge in [0.05, 0.1) is 0 Å². The van der Waals surface area contributed by atoms with Crippen molar-refractivity contribution >= 4 is 5.82 Å². The molecule has 1 aromatic heterocycles. The fraction of sp³-hybridized carbons (Fsp3) is 0.727. The van der Waals surface area contributed by atoms with Gasteiger partial charge in [0.15, 0.2) is 0 Å². The van der Waals surface area contributed by atoms with Crippen molar-refractivity contribution in [3.05, 3.63) is 12.3 Å². The molecule has 90 valence electrons. The van der Waals surface area contributed by atoms with Gasteiger partial charge in [-0.15, -0.1) is 0 Å². The minimum atomic E-state index is 0.417. The number of aryl methyl sites for hydroxylation is 1. The largest absolute Gasteiger partial charge is 0.367 e. The summed E-state index contributed by atoms with van der Waals surface area (Å²) in [5, 5.41) is 7.59. The van der Waals surface area contributed by atoms with Crippen LogP contribution < -0.4 is 11.1 Å². The summed E-state index contributed by atoms with van der Waals surface area (Å²) in [6, 6.07) is 2.41. The smallest absolute Gasteiger partial charge is 0.148 e. The molecule has 0 amide bonds. The first-order valence-corrected chi connectivity index (χ1v) is 5.95. The van der Waals surface area contributed by atoms with E-state index in [2.05, 4.69) is 15.3 Å². The fourth-order valence-electron chi connectivity index (χ4n) is 2.03. The van der Waals surface area contributed by atoms with Crippen molar-refractivity contribution < 1.29 is 0 Å². The number of likely N-dealkylation sites (tertiary alicyclic amines) is 1. The van der Waals surface area contributed by atoms with Crippen LogP contribution >= 0.6 is 0 Å². The molecule has 5 heteroatoms. The van der Waals surface area contributed by atoms with E-state index in [0.29, 0.717) is 6.04 Å². The molecule has 1 fully saturated rings. The second-order valence-electron chi connectivity index (χ2n) is 4.48. The molecule has 1 aromatic rings. The summed E-state index contributed by atoms with van der Waals surface area (Å²) in [7, 11) is 1.93. The average molecular weight is 223 g/mol. The number of hydrogen-bond donors (Lipinski definition) is 2. The molecule has 1 aliphatic heterocycles. The summed E-state index contributed by atoms with van der Waals surface area (Å²) in [5.41, 5.74) is 5.86. The van der Waals surface area contributed by atoms with E-state index >= 15 is 0 Å². The van der Waals surface area contributed by atoms with Crippen LogP contribution in [-0.2, 0) is 7.05 Å². The van der Waals surface area contributed by atoms with Crippen molar-refractivity contribution in [3.8, 4) is 0 Å². The van der Waals surface area contributed by atoms with Crippen LogP contribution in [0.1, 0.15) is 12.8 Å². The number of rotatable bonds is 4. The average Bonchev–Trinajstić information content (AvgIpc) is 2.67. The van der Waals surface area contributed by atoms with Crippen molar-refractivity contribution in [2.45, 2.75) is 18.9 Å². The molecule has 16 heavy (non-hydrogen) atoms. The maximum Gasteiger partial charge on any atom is 0.148 e. The summed E-state index contributed by atoms with van der Waals surface area (Å²) in [5.74, 6) is 0.955. The standard InChI is InChI=1S/C11H21N5/c1-15-6-4-11(14-15)13-5-9-16-7-2-10(12)3-8-16/h4,6,10H,2-3,5,7-9,12H2,1H3,(H,13,14). The van der Waals surface area contributed by atoms with Crippen LogP contribution in [0.15, 0.2) is 12.3 Å². The lowest BCUT2D eigenvalue weighted by atomic mass is 10.1. The minimum absolute atomic E-state index is 0.417. The van der Waals surface area contributed by atoms with Crippen LogP contribution in [0.4, 0.5) is 5.82 Å². The summed E-state index contributed by atoms with van der Waals surface area (Å²) in [6.45, 7) is 4.28. The number of anilines is 1. The second kappa shape index (κ2) is 5.32. The number of piperidine rings is 1. The van der Waals surface area contributed by atoms with Crippen LogP contribution in [0.25, 0.3) is 0 Å². The minimum Gasteiger partial charge on any atom is -0.367 e. The molecule has 0 aliphatic carbocycles. The summed E-state index contributed by atoms with van der Waals surface area (Å²) in [4.78, 5) is 2.46. The molecule has 0 radical (unpaired) electrons. The van der Waals surface area contributed by atoms with Gasteiger partial charge in [0.1, 0.15) is 5.82 Å². The van der Waals surface area contributed by atoms with Crippen LogP contribution in [-0.4, -0.2) is 46.9 Å². The lowest BCUT2D eigenvalue weighted by Crippen LogP contribution is -2.41. The summed E-state index contributed by atoms with van der Waals surface area (Å²) >= 11 is 0. The Morgan fingerprint density at radius 1 is 1.50 bits per heavy atom. The second-order valence-corrected chi connectivity index (χ2v) is 4.48. The number of nitrogens with zero attached hydrogens (tertiary/aromatic N) is 3. The van der Waals surface area contributed by atoms with Gasteiger partial charge >= 0.3 is 0 Å². The predicted molar refractivity (Wildman–Crippen MR) is 65.3 cm³/mol. The van der Waals surface area contributed by atoms with Crippen molar-refractivity contribution in [2.24, 2.45) is 12.8 Å². The number of nitrogens with one attached hydrogen (secondary N) is 1. The van der Waals surface area contributed by atoms with Crippen LogP contribution in [0.3, 0.4) is 0 Å². The molecule has 1 saturated heterocycles. The summed E-state index contributed by atoms with van der Waals surface area (Å²) < 4.78 is 1.81. The van der Waals surface area contributed by atoms with E-state index in [4.69, 9.17) is 5.73 Å². The van der Waals surface area contributed by atoms with Gasteiger partial charge in [-0.1, -0.05) is 0 Å².